The lowest BCUT2D eigenvalue weighted by Crippen LogP contribution is -2.38. The number of benzene rings is 1. The summed E-state index contributed by atoms with van der Waals surface area (Å²) >= 11 is 0. The van der Waals surface area contributed by atoms with Crippen molar-refractivity contribution in [1.29, 1.82) is 0 Å². The van der Waals surface area contributed by atoms with Crippen molar-refractivity contribution in [3.05, 3.63) is 59.6 Å². The van der Waals surface area contributed by atoms with Crippen LogP contribution >= 0.6 is 0 Å². The molecule has 0 saturated carbocycles. The van der Waals surface area contributed by atoms with E-state index >= 15 is 0 Å². The van der Waals surface area contributed by atoms with Gasteiger partial charge in [-0.15, -0.1) is 0 Å². The second-order valence-electron chi connectivity index (χ2n) is 4.48. The van der Waals surface area contributed by atoms with E-state index in [4.69, 9.17) is 4.42 Å². The Hall–Kier alpha value is -2.38. The zero-order valence-electron chi connectivity index (χ0n) is 11.0. The molecule has 0 atom stereocenters. The fourth-order valence-corrected chi connectivity index (χ4v) is 1.84. The molecule has 0 aliphatic carbocycles. The molecule has 0 saturated heterocycles. The Kier molecular flexibility index (Phi) is 4.48. The van der Waals surface area contributed by atoms with Crippen LogP contribution in [0.2, 0.25) is 0 Å². The summed E-state index contributed by atoms with van der Waals surface area (Å²) in [6, 6.07) is 4.88. The third-order valence-corrected chi connectivity index (χ3v) is 2.75. The van der Waals surface area contributed by atoms with Crippen molar-refractivity contribution in [2.75, 3.05) is 6.54 Å². The lowest BCUT2D eigenvalue weighted by Gasteiger charge is -2.23. The van der Waals surface area contributed by atoms with Crippen molar-refractivity contribution in [1.82, 2.24) is 4.90 Å². The highest BCUT2D eigenvalue weighted by atomic mass is 19.4. The van der Waals surface area contributed by atoms with Crippen molar-refractivity contribution in [3.8, 4) is 0 Å². The number of alkyl halides is 3. The highest BCUT2D eigenvalue weighted by Crippen LogP contribution is 2.21. The van der Waals surface area contributed by atoms with Crippen molar-refractivity contribution in [2.24, 2.45) is 0 Å². The molecule has 0 unspecified atom stereocenters. The molecule has 1 aromatic heterocycles. The predicted octanol–water partition coefficient (Wildman–Crippen LogP) is 3.76. The van der Waals surface area contributed by atoms with Crippen LogP contribution in [0, 0.1) is 11.6 Å². The van der Waals surface area contributed by atoms with Crippen molar-refractivity contribution in [3.63, 3.8) is 0 Å². The monoisotopic (exact) mass is 319 g/mol. The fraction of sp³-hybridized carbons (Fsp3) is 0.214. The summed E-state index contributed by atoms with van der Waals surface area (Å²) in [5.41, 5.74) is -0.641. The summed E-state index contributed by atoms with van der Waals surface area (Å²) in [5.74, 6) is -3.24. The quantitative estimate of drug-likeness (QED) is 0.804. The van der Waals surface area contributed by atoms with Crippen molar-refractivity contribution in [2.45, 2.75) is 12.7 Å². The summed E-state index contributed by atoms with van der Waals surface area (Å²) in [6.07, 6.45) is -3.43. The first-order valence-corrected chi connectivity index (χ1v) is 6.10. The molecule has 118 valence electrons. The number of halogens is 5. The van der Waals surface area contributed by atoms with E-state index in [0.717, 1.165) is 12.1 Å². The summed E-state index contributed by atoms with van der Waals surface area (Å²) in [6.45, 7) is -2.06. The van der Waals surface area contributed by atoms with Crippen LogP contribution in [0.4, 0.5) is 22.0 Å². The molecule has 1 aromatic carbocycles. The average molecular weight is 319 g/mol. The van der Waals surface area contributed by atoms with Crippen LogP contribution in [-0.4, -0.2) is 23.5 Å². The van der Waals surface area contributed by atoms with Gasteiger partial charge in [-0.1, -0.05) is 0 Å². The molecular formula is C14H10F5NO2. The lowest BCUT2D eigenvalue weighted by molar-refractivity contribution is -0.142. The minimum Gasteiger partial charge on any atom is -0.467 e. The Morgan fingerprint density at radius 3 is 2.45 bits per heavy atom. The van der Waals surface area contributed by atoms with Crippen LogP contribution in [0.25, 0.3) is 0 Å². The number of carbonyl (C=O) groups is 1. The van der Waals surface area contributed by atoms with Crippen molar-refractivity contribution < 1.29 is 31.2 Å². The number of furan rings is 1. The predicted molar refractivity (Wildman–Crippen MR) is 65.9 cm³/mol. The largest absolute Gasteiger partial charge is 0.467 e. The van der Waals surface area contributed by atoms with Gasteiger partial charge in [-0.25, -0.2) is 8.78 Å². The molecule has 0 aliphatic rings. The molecule has 1 heterocycles. The van der Waals surface area contributed by atoms with Crippen LogP contribution in [-0.2, 0) is 6.54 Å². The van der Waals surface area contributed by atoms with E-state index in [-0.39, 0.29) is 5.76 Å². The second-order valence-corrected chi connectivity index (χ2v) is 4.48. The van der Waals surface area contributed by atoms with Crippen LogP contribution in [0.1, 0.15) is 16.1 Å². The molecule has 0 bridgehead atoms. The first-order chi connectivity index (χ1) is 10.3. The number of amides is 1. The van der Waals surface area contributed by atoms with E-state index in [9.17, 15) is 26.7 Å². The van der Waals surface area contributed by atoms with Gasteiger partial charge in [0, 0.05) is 6.07 Å². The summed E-state index contributed by atoms with van der Waals surface area (Å²) < 4.78 is 69.1. The van der Waals surface area contributed by atoms with Gasteiger partial charge in [-0.3, -0.25) is 4.79 Å². The molecule has 22 heavy (non-hydrogen) atoms. The Bertz CT molecular complexity index is 652. The Morgan fingerprint density at radius 1 is 1.18 bits per heavy atom. The van der Waals surface area contributed by atoms with Gasteiger partial charge in [-0.2, -0.15) is 13.2 Å². The van der Waals surface area contributed by atoms with Crippen LogP contribution < -0.4 is 0 Å². The third-order valence-electron chi connectivity index (χ3n) is 2.75. The maximum Gasteiger partial charge on any atom is 0.406 e. The molecule has 0 radical (unpaired) electrons. The molecule has 0 spiro atoms. The minimum atomic E-state index is -4.67. The van der Waals surface area contributed by atoms with Crippen LogP contribution in [0.15, 0.2) is 41.0 Å². The van der Waals surface area contributed by atoms with Crippen LogP contribution in [0.3, 0.4) is 0 Å². The van der Waals surface area contributed by atoms with Gasteiger partial charge in [0.2, 0.25) is 0 Å². The molecule has 0 N–H and O–H groups in total. The van der Waals surface area contributed by atoms with E-state index in [1.165, 1.54) is 18.4 Å². The molecular weight excluding hydrogens is 309 g/mol. The fourth-order valence-electron chi connectivity index (χ4n) is 1.84. The second kappa shape index (κ2) is 6.17. The molecule has 3 nitrogen and oxygen atoms in total. The highest BCUT2D eigenvalue weighted by molar-refractivity contribution is 5.94. The lowest BCUT2D eigenvalue weighted by atomic mass is 10.1. The van der Waals surface area contributed by atoms with Gasteiger partial charge in [0.15, 0.2) is 0 Å². The standard InChI is InChI=1S/C14H10F5NO2/c15-9-3-4-11(12(16)6-9)13(21)20(8-14(17,18)19)7-10-2-1-5-22-10/h1-6H,7-8H2. The van der Waals surface area contributed by atoms with Gasteiger partial charge in [0.05, 0.1) is 18.4 Å². The zero-order chi connectivity index (χ0) is 16.3. The van der Waals surface area contributed by atoms with Crippen molar-refractivity contribution >= 4 is 5.91 Å². The van der Waals surface area contributed by atoms with Gasteiger partial charge in [0.1, 0.15) is 23.9 Å². The third kappa shape index (κ3) is 4.06. The highest BCUT2D eigenvalue weighted by Gasteiger charge is 2.34. The Morgan fingerprint density at radius 2 is 1.91 bits per heavy atom. The molecule has 2 rings (SSSR count). The molecule has 0 fully saturated rings. The number of nitrogens with zero attached hydrogens (tertiary/aromatic N) is 1. The molecule has 8 heteroatoms. The molecule has 1 amide bonds. The summed E-state index contributed by atoms with van der Waals surface area (Å²) in [5, 5.41) is 0. The van der Waals surface area contributed by atoms with Gasteiger partial charge >= 0.3 is 6.18 Å². The van der Waals surface area contributed by atoms with Gasteiger partial charge < -0.3 is 9.32 Å². The normalized spacial score (nSPS) is 11.5. The first kappa shape index (κ1) is 16.0. The van der Waals surface area contributed by atoms with E-state index in [1.807, 2.05) is 0 Å². The van der Waals surface area contributed by atoms with Crippen LogP contribution in [0.5, 0.6) is 0 Å². The first-order valence-electron chi connectivity index (χ1n) is 6.10. The minimum absolute atomic E-state index is 0.111. The smallest absolute Gasteiger partial charge is 0.406 e. The van der Waals surface area contributed by atoms with Gasteiger partial charge in [0.25, 0.3) is 5.91 Å². The number of hydrogen-bond acceptors (Lipinski definition) is 2. The van der Waals surface area contributed by atoms with Gasteiger partial charge in [-0.05, 0) is 24.3 Å². The topological polar surface area (TPSA) is 33.5 Å². The summed E-state index contributed by atoms with van der Waals surface area (Å²) in [4.78, 5) is 12.5. The zero-order valence-corrected chi connectivity index (χ0v) is 11.0. The molecule has 0 aliphatic heterocycles. The Labute approximate surface area is 121 Å². The van der Waals surface area contributed by atoms with E-state index in [2.05, 4.69) is 0 Å². The number of carbonyl (C=O) groups excluding carboxylic acids is 1. The van der Waals surface area contributed by atoms with E-state index < -0.39 is 42.4 Å². The number of hydrogen-bond donors (Lipinski definition) is 0. The SMILES string of the molecule is O=C(c1ccc(F)cc1F)N(Cc1ccco1)CC(F)(F)F. The summed E-state index contributed by atoms with van der Waals surface area (Å²) in [7, 11) is 0. The number of rotatable bonds is 4. The molecule has 2 aromatic rings. The van der Waals surface area contributed by atoms with E-state index in [0.29, 0.717) is 11.0 Å². The maximum absolute atomic E-state index is 13.6. The maximum atomic E-state index is 13.6. The van der Waals surface area contributed by atoms with E-state index in [1.54, 1.807) is 0 Å². The average Bonchev–Trinajstić information content (AvgIpc) is 2.88. The Balaban J connectivity index is 2.28.